The van der Waals surface area contributed by atoms with Crippen LogP contribution < -0.4 is 0 Å². The topological polar surface area (TPSA) is 54.5 Å². The predicted octanol–water partition coefficient (Wildman–Crippen LogP) is 1.25. The van der Waals surface area contributed by atoms with Gasteiger partial charge in [0.05, 0.1) is 11.5 Å². The maximum Gasteiger partial charge on any atom is 0.254 e. The van der Waals surface area contributed by atoms with Crippen molar-refractivity contribution in [2.75, 3.05) is 18.6 Å². The van der Waals surface area contributed by atoms with Gasteiger partial charge in [-0.15, -0.1) is 0 Å². The van der Waals surface area contributed by atoms with Crippen LogP contribution in [0.15, 0.2) is 24.3 Å². The van der Waals surface area contributed by atoms with E-state index in [9.17, 15) is 13.2 Å². The quantitative estimate of drug-likeness (QED) is 0.810. The van der Waals surface area contributed by atoms with Gasteiger partial charge >= 0.3 is 0 Å². The van der Waals surface area contributed by atoms with Crippen LogP contribution >= 0.6 is 0 Å². The maximum atomic E-state index is 12.3. The Hall–Kier alpha value is -1.36. The van der Waals surface area contributed by atoms with E-state index in [1.165, 1.54) is 0 Å². The zero-order valence-electron chi connectivity index (χ0n) is 10.6. The van der Waals surface area contributed by atoms with Crippen molar-refractivity contribution < 1.29 is 13.2 Å². The molecule has 0 saturated carbocycles. The smallest absolute Gasteiger partial charge is 0.254 e. The minimum absolute atomic E-state index is 0.0844. The molecule has 1 aromatic rings. The summed E-state index contributed by atoms with van der Waals surface area (Å²) in [5, 5.41) is 0. The zero-order chi connectivity index (χ0) is 13.3. The van der Waals surface area contributed by atoms with Crippen molar-refractivity contribution in [2.24, 2.45) is 0 Å². The monoisotopic (exact) mass is 267 g/mol. The Balaban J connectivity index is 2.18. The summed E-state index contributed by atoms with van der Waals surface area (Å²) in [6.45, 7) is 1.88. The highest BCUT2D eigenvalue weighted by atomic mass is 32.2. The number of benzene rings is 1. The molecule has 0 aliphatic carbocycles. The lowest BCUT2D eigenvalue weighted by Gasteiger charge is -2.24. The molecule has 0 unspecified atom stereocenters. The van der Waals surface area contributed by atoms with E-state index in [1.807, 2.05) is 25.1 Å². The second-order valence-electron chi connectivity index (χ2n) is 4.79. The number of hydrogen-bond donors (Lipinski definition) is 0. The standard InChI is InChI=1S/C13H17NO3S/c1-10-5-3-4-6-12(10)13(15)14(2)11-7-8-18(16,17)9-11/h3-6,11H,7-9H2,1-2H3/t11-/m1/s1. The molecule has 1 heterocycles. The lowest BCUT2D eigenvalue weighted by atomic mass is 10.1. The summed E-state index contributed by atoms with van der Waals surface area (Å²) in [7, 11) is -1.28. The van der Waals surface area contributed by atoms with E-state index in [-0.39, 0.29) is 23.5 Å². The van der Waals surface area contributed by atoms with Crippen molar-refractivity contribution in [2.45, 2.75) is 19.4 Å². The molecule has 1 fully saturated rings. The molecule has 18 heavy (non-hydrogen) atoms. The first-order valence-electron chi connectivity index (χ1n) is 5.94. The van der Waals surface area contributed by atoms with E-state index in [0.717, 1.165) is 5.56 Å². The number of carbonyl (C=O) groups excluding carboxylic acids is 1. The molecule has 98 valence electrons. The first kappa shape index (κ1) is 13.1. The summed E-state index contributed by atoms with van der Waals surface area (Å²) >= 11 is 0. The summed E-state index contributed by atoms with van der Waals surface area (Å²) in [6, 6.07) is 7.16. The van der Waals surface area contributed by atoms with Crippen LogP contribution in [-0.4, -0.2) is 43.8 Å². The Bertz CT molecular complexity index is 565. The molecular weight excluding hydrogens is 250 g/mol. The van der Waals surface area contributed by atoms with E-state index in [4.69, 9.17) is 0 Å². The van der Waals surface area contributed by atoms with Crippen LogP contribution in [0.4, 0.5) is 0 Å². The summed E-state index contributed by atoms with van der Waals surface area (Å²) < 4.78 is 22.9. The fourth-order valence-electron chi connectivity index (χ4n) is 2.25. The van der Waals surface area contributed by atoms with Gasteiger partial charge in [-0.3, -0.25) is 4.79 Å². The fraction of sp³-hybridized carbons (Fsp3) is 0.462. The van der Waals surface area contributed by atoms with Crippen LogP contribution in [0.5, 0.6) is 0 Å². The molecule has 1 atom stereocenters. The van der Waals surface area contributed by atoms with E-state index in [1.54, 1.807) is 18.0 Å². The Morgan fingerprint density at radius 2 is 2.00 bits per heavy atom. The van der Waals surface area contributed by atoms with Crippen LogP contribution in [0, 0.1) is 6.92 Å². The van der Waals surface area contributed by atoms with Crippen molar-refractivity contribution in [1.82, 2.24) is 4.90 Å². The van der Waals surface area contributed by atoms with Crippen LogP contribution in [0.1, 0.15) is 22.3 Å². The third-order valence-corrected chi connectivity index (χ3v) is 5.20. The minimum atomic E-state index is -2.96. The zero-order valence-corrected chi connectivity index (χ0v) is 11.4. The summed E-state index contributed by atoms with van der Waals surface area (Å²) in [4.78, 5) is 13.9. The van der Waals surface area contributed by atoms with Gasteiger partial charge in [-0.2, -0.15) is 0 Å². The normalized spacial score (nSPS) is 21.8. The van der Waals surface area contributed by atoms with E-state index in [2.05, 4.69) is 0 Å². The van der Waals surface area contributed by atoms with Gasteiger partial charge in [0.15, 0.2) is 9.84 Å². The van der Waals surface area contributed by atoms with Gasteiger partial charge in [-0.05, 0) is 25.0 Å². The highest BCUT2D eigenvalue weighted by Crippen LogP contribution is 2.19. The first-order chi connectivity index (χ1) is 8.41. The van der Waals surface area contributed by atoms with Crippen molar-refractivity contribution in [3.8, 4) is 0 Å². The van der Waals surface area contributed by atoms with Crippen molar-refractivity contribution >= 4 is 15.7 Å². The molecular formula is C13H17NO3S. The van der Waals surface area contributed by atoms with Gasteiger partial charge < -0.3 is 4.90 Å². The first-order valence-corrected chi connectivity index (χ1v) is 7.76. The Morgan fingerprint density at radius 1 is 1.33 bits per heavy atom. The molecule has 5 heteroatoms. The number of sulfone groups is 1. The lowest BCUT2D eigenvalue weighted by Crippen LogP contribution is -2.38. The summed E-state index contributed by atoms with van der Waals surface area (Å²) in [5.41, 5.74) is 1.56. The largest absolute Gasteiger partial charge is 0.338 e. The molecule has 2 rings (SSSR count). The Kier molecular flexibility index (Phi) is 3.43. The van der Waals surface area contributed by atoms with Crippen molar-refractivity contribution in [1.29, 1.82) is 0 Å². The number of amides is 1. The van der Waals surface area contributed by atoms with Gasteiger partial charge in [-0.25, -0.2) is 8.42 Å². The molecule has 1 aliphatic rings. The summed E-state index contributed by atoms with van der Waals surface area (Å²) in [5.74, 6) is 0.166. The highest BCUT2D eigenvalue weighted by Gasteiger charge is 2.33. The summed E-state index contributed by atoms with van der Waals surface area (Å²) in [6.07, 6.45) is 0.538. The molecule has 1 amide bonds. The molecule has 0 radical (unpaired) electrons. The molecule has 1 saturated heterocycles. The third-order valence-electron chi connectivity index (χ3n) is 3.45. The van der Waals surface area contributed by atoms with Gasteiger partial charge in [0.25, 0.3) is 5.91 Å². The maximum absolute atomic E-state index is 12.3. The SMILES string of the molecule is Cc1ccccc1C(=O)N(C)[C@@H]1CCS(=O)(=O)C1. The van der Waals surface area contributed by atoms with Gasteiger partial charge in [0.2, 0.25) is 0 Å². The van der Waals surface area contributed by atoms with E-state index >= 15 is 0 Å². The number of hydrogen-bond acceptors (Lipinski definition) is 3. The van der Waals surface area contributed by atoms with Crippen LogP contribution in [0.3, 0.4) is 0 Å². The van der Waals surface area contributed by atoms with Gasteiger partial charge in [-0.1, -0.05) is 18.2 Å². The second kappa shape index (κ2) is 4.72. The molecule has 0 spiro atoms. The number of aryl methyl sites for hydroxylation is 1. The van der Waals surface area contributed by atoms with Gasteiger partial charge in [0.1, 0.15) is 0 Å². The molecule has 0 aromatic heterocycles. The fourth-order valence-corrected chi connectivity index (χ4v) is 4.02. The van der Waals surface area contributed by atoms with Crippen LogP contribution in [0.2, 0.25) is 0 Å². The number of nitrogens with zero attached hydrogens (tertiary/aromatic N) is 1. The second-order valence-corrected chi connectivity index (χ2v) is 7.02. The molecule has 0 bridgehead atoms. The predicted molar refractivity (Wildman–Crippen MR) is 70.3 cm³/mol. The molecule has 4 nitrogen and oxygen atoms in total. The Labute approximate surface area is 108 Å². The average molecular weight is 267 g/mol. The van der Waals surface area contributed by atoms with Gasteiger partial charge in [0, 0.05) is 18.7 Å². The number of rotatable bonds is 2. The van der Waals surface area contributed by atoms with Crippen LogP contribution in [0.25, 0.3) is 0 Å². The third kappa shape index (κ3) is 2.56. The molecule has 1 aliphatic heterocycles. The number of carbonyl (C=O) groups is 1. The van der Waals surface area contributed by atoms with E-state index < -0.39 is 9.84 Å². The average Bonchev–Trinajstić information content (AvgIpc) is 2.68. The Morgan fingerprint density at radius 3 is 2.56 bits per heavy atom. The molecule has 0 N–H and O–H groups in total. The van der Waals surface area contributed by atoms with Crippen molar-refractivity contribution in [3.05, 3.63) is 35.4 Å². The highest BCUT2D eigenvalue weighted by molar-refractivity contribution is 7.91. The lowest BCUT2D eigenvalue weighted by molar-refractivity contribution is 0.0747. The van der Waals surface area contributed by atoms with Crippen LogP contribution in [-0.2, 0) is 9.84 Å². The molecule has 1 aromatic carbocycles. The van der Waals surface area contributed by atoms with Crippen molar-refractivity contribution in [3.63, 3.8) is 0 Å². The minimum Gasteiger partial charge on any atom is -0.338 e. The van der Waals surface area contributed by atoms with E-state index in [0.29, 0.717) is 12.0 Å².